The second-order valence-electron chi connectivity index (χ2n) is 17.9. The average Bonchev–Trinajstić information content (AvgIpc) is 3.79. The van der Waals surface area contributed by atoms with E-state index in [1.807, 2.05) is 51.7 Å². The van der Waals surface area contributed by atoms with Crippen LogP contribution in [0.15, 0.2) is 30.5 Å². The zero-order valence-corrected chi connectivity index (χ0v) is 38.2. The fraction of sp³-hybridized carbons (Fsp3) is 0.714. The number of esters is 1. The predicted octanol–water partition coefficient (Wildman–Crippen LogP) is 3.53. The zero-order valence-electron chi connectivity index (χ0n) is 37.4. The molecule has 1 aromatic carbocycles. The molecule has 0 saturated carbocycles. The first-order valence-corrected chi connectivity index (χ1v) is 21.5. The molecule has 1 aromatic heterocycles. The smallest absolute Gasteiger partial charge is 0.458 e. The highest BCUT2D eigenvalue weighted by Crippen LogP contribution is 2.40. The first kappa shape index (κ1) is 48.9. The Bertz CT molecular complexity index is 1890. The number of cyclic esters (lactones) is 1. The molecule has 19 nitrogen and oxygen atoms in total. The largest absolute Gasteiger partial charge is 0.509 e. The summed E-state index contributed by atoms with van der Waals surface area (Å²) in [4.78, 5) is 57.6. The van der Waals surface area contributed by atoms with E-state index in [1.165, 1.54) is 11.6 Å². The number of benzene rings is 1. The van der Waals surface area contributed by atoms with Crippen LogP contribution in [0, 0.1) is 17.8 Å². The Labute approximate surface area is 367 Å². The first-order valence-electron chi connectivity index (χ1n) is 21.1. The van der Waals surface area contributed by atoms with Crippen molar-refractivity contribution in [2.45, 2.75) is 147 Å². The second-order valence-corrected chi connectivity index (χ2v) is 18.3. The molecule has 20 heteroatoms. The SMILES string of the molecule is CC[C@H]1OC(=O)[C@H](C)[C@@H](OC(=O)NNC(=O)Cn2cc(-c3cccc(Cl)c3)nn2)[C@H](C)[C@@H](O[C@@H]2O[C@H](C)C[C@H](N(C)C)[C@H]2O)[C@](C)(O)C[C@@H](C)CN(C)[C@H](C)[C@H]2OC(=O)O[C@@]21C. The minimum Gasteiger partial charge on any atom is -0.458 e. The van der Waals surface area contributed by atoms with Crippen LogP contribution in [0.4, 0.5) is 9.59 Å². The van der Waals surface area contributed by atoms with E-state index in [1.54, 1.807) is 58.2 Å². The number of ether oxygens (including phenoxy) is 6. The van der Waals surface area contributed by atoms with Gasteiger partial charge in [-0.1, -0.05) is 49.7 Å². The van der Waals surface area contributed by atoms with Crippen molar-refractivity contribution in [3.05, 3.63) is 35.5 Å². The third-order valence-electron chi connectivity index (χ3n) is 12.4. The Morgan fingerprint density at radius 1 is 1.10 bits per heavy atom. The van der Waals surface area contributed by atoms with Gasteiger partial charge in [-0.2, -0.15) is 0 Å². The molecule has 0 spiro atoms. The maximum atomic E-state index is 14.3. The normalized spacial score (nSPS) is 36.3. The number of hydrazine groups is 1. The molecule has 62 heavy (non-hydrogen) atoms. The highest BCUT2D eigenvalue weighted by atomic mass is 35.5. The van der Waals surface area contributed by atoms with E-state index in [-0.39, 0.29) is 37.5 Å². The number of likely N-dealkylation sites (N-methyl/N-ethyl adjacent to an activating group) is 2. The van der Waals surface area contributed by atoms with E-state index in [0.29, 0.717) is 29.2 Å². The standard InChI is InChI=1S/C42H64ClN7O12/c1-12-31-42(8)36(61-40(55)62-42)26(6)49(11)19-22(2)18-41(7,56)35(60-38-33(52)30(48(9)10)16-23(3)57-38)24(4)34(25(5)37(53)58-31)59-39(54)46-45-32(51)21-50-20-29(44-47-50)27-14-13-15-28(43)17-27/h13-15,17,20,22-26,30-31,33-36,38,52,56H,12,16,18-19,21H2,1-11H3,(H,45,51)(H,46,54)/t22-,23-,24+,25-,26-,30+,31-,33-,34+,35-,36-,38+,41-,42-/m1/s1. The molecule has 4 heterocycles. The number of fused-ring (bicyclic) bond motifs is 1. The lowest BCUT2D eigenvalue weighted by Gasteiger charge is -2.47. The number of aromatic nitrogens is 3. The van der Waals surface area contributed by atoms with E-state index < -0.39 is 90.0 Å². The van der Waals surface area contributed by atoms with Crippen molar-refractivity contribution >= 4 is 35.7 Å². The number of hydrogen-bond donors (Lipinski definition) is 4. The summed E-state index contributed by atoms with van der Waals surface area (Å²) in [5.74, 6) is -3.94. The van der Waals surface area contributed by atoms with E-state index in [0.717, 1.165) is 0 Å². The lowest BCUT2D eigenvalue weighted by atomic mass is 9.77. The van der Waals surface area contributed by atoms with Crippen LogP contribution in [0.2, 0.25) is 5.02 Å². The van der Waals surface area contributed by atoms with Gasteiger partial charge in [0.25, 0.3) is 5.91 Å². The van der Waals surface area contributed by atoms with Gasteiger partial charge in [0, 0.05) is 35.1 Å². The number of aliphatic hydroxyl groups excluding tert-OH is 1. The molecule has 3 aliphatic heterocycles. The number of nitrogens with zero attached hydrogens (tertiary/aromatic N) is 5. The Kier molecular flexibility index (Phi) is 15.9. The number of carbonyl (C=O) groups excluding carboxylic acids is 4. The number of carbonyl (C=O) groups is 4. The van der Waals surface area contributed by atoms with Gasteiger partial charge in [0.05, 0.1) is 29.9 Å². The maximum absolute atomic E-state index is 14.3. The number of rotatable bonds is 8. The van der Waals surface area contributed by atoms with Crippen molar-refractivity contribution in [2.24, 2.45) is 17.8 Å². The van der Waals surface area contributed by atoms with Gasteiger partial charge in [0.1, 0.15) is 30.6 Å². The Morgan fingerprint density at radius 3 is 2.47 bits per heavy atom. The molecule has 2 aromatic rings. The minimum absolute atomic E-state index is 0.138. The van der Waals surface area contributed by atoms with Crippen LogP contribution in [0.1, 0.15) is 74.7 Å². The average molecular weight is 894 g/mol. The maximum Gasteiger partial charge on any atom is 0.509 e. The van der Waals surface area contributed by atoms with Crippen molar-refractivity contribution in [1.82, 2.24) is 35.6 Å². The van der Waals surface area contributed by atoms with E-state index >= 15 is 0 Å². The third kappa shape index (κ3) is 11.3. The van der Waals surface area contributed by atoms with Gasteiger partial charge in [-0.25, -0.2) is 19.7 Å². The summed E-state index contributed by atoms with van der Waals surface area (Å²) in [5, 5.41) is 32.7. The monoisotopic (exact) mass is 893 g/mol. The molecule has 2 amide bonds. The molecular formula is C42H64ClN7O12. The van der Waals surface area contributed by atoms with Gasteiger partial charge in [-0.3, -0.25) is 19.9 Å². The molecule has 0 aliphatic carbocycles. The third-order valence-corrected chi connectivity index (χ3v) is 12.6. The van der Waals surface area contributed by atoms with Crippen LogP contribution in [-0.2, 0) is 44.6 Å². The van der Waals surface area contributed by atoms with Crippen LogP contribution in [0.5, 0.6) is 0 Å². The number of nitrogens with one attached hydrogen (secondary N) is 2. The summed E-state index contributed by atoms with van der Waals surface area (Å²) in [6.45, 7) is 14.0. The van der Waals surface area contributed by atoms with Crippen LogP contribution >= 0.6 is 11.6 Å². The molecule has 5 rings (SSSR count). The molecule has 346 valence electrons. The number of aliphatic hydroxyl groups is 2. The van der Waals surface area contributed by atoms with E-state index in [2.05, 4.69) is 21.2 Å². The van der Waals surface area contributed by atoms with Crippen molar-refractivity contribution < 1.29 is 57.8 Å². The van der Waals surface area contributed by atoms with E-state index in [4.69, 9.17) is 40.0 Å². The molecule has 0 radical (unpaired) electrons. The van der Waals surface area contributed by atoms with E-state index in [9.17, 15) is 29.4 Å². The van der Waals surface area contributed by atoms with Crippen LogP contribution in [0.25, 0.3) is 11.3 Å². The fourth-order valence-electron chi connectivity index (χ4n) is 9.16. The molecule has 3 saturated heterocycles. The molecule has 4 N–H and O–H groups in total. The number of halogens is 1. The quantitative estimate of drug-likeness (QED) is 0.169. The van der Waals surface area contributed by atoms with Gasteiger partial charge in [0.2, 0.25) is 0 Å². The Hall–Kier alpha value is -4.11. The topological polar surface area (TPSA) is 225 Å². The molecule has 3 fully saturated rings. The summed E-state index contributed by atoms with van der Waals surface area (Å²) < 4.78 is 37.7. The van der Waals surface area contributed by atoms with Gasteiger partial charge < -0.3 is 43.5 Å². The summed E-state index contributed by atoms with van der Waals surface area (Å²) in [6.07, 6.45) is -6.73. The van der Waals surface area contributed by atoms with Gasteiger partial charge in [0.15, 0.2) is 18.0 Å². The number of hydrogen-bond acceptors (Lipinski definition) is 16. The summed E-state index contributed by atoms with van der Waals surface area (Å²) in [6, 6.07) is 6.21. The first-order chi connectivity index (χ1) is 29.0. The summed E-state index contributed by atoms with van der Waals surface area (Å²) in [7, 11) is 5.55. The van der Waals surface area contributed by atoms with Crippen molar-refractivity contribution in [3.8, 4) is 11.3 Å². The Balaban J connectivity index is 1.45. The summed E-state index contributed by atoms with van der Waals surface area (Å²) in [5.41, 5.74) is 2.62. The molecule has 14 atom stereocenters. The summed E-state index contributed by atoms with van der Waals surface area (Å²) >= 11 is 6.11. The molecule has 3 aliphatic rings. The Morgan fingerprint density at radius 2 is 1.81 bits per heavy atom. The molecule has 0 unspecified atom stereocenters. The van der Waals surface area contributed by atoms with Crippen molar-refractivity contribution in [2.75, 3.05) is 27.7 Å². The lowest BCUT2D eigenvalue weighted by molar-refractivity contribution is -0.299. The van der Waals surface area contributed by atoms with Crippen molar-refractivity contribution in [1.29, 1.82) is 0 Å². The highest BCUT2D eigenvalue weighted by molar-refractivity contribution is 6.30. The van der Waals surface area contributed by atoms with Crippen LogP contribution in [0.3, 0.4) is 0 Å². The van der Waals surface area contributed by atoms with Gasteiger partial charge >= 0.3 is 18.2 Å². The minimum atomic E-state index is -1.69. The molecular weight excluding hydrogens is 830 g/mol. The molecule has 0 bridgehead atoms. The van der Waals surface area contributed by atoms with Gasteiger partial charge in [-0.05, 0) is 93.1 Å². The zero-order chi connectivity index (χ0) is 45.8. The second kappa shape index (κ2) is 20.2. The predicted molar refractivity (Wildman–Crippen MR) is 224 cm³/mol. The highest BCUT2D eigenvalue weighted by Gasteiger charge is 2.58. The number of amides is 2. The van der Waals surface area contributed by atoms with Crippen LogP contribution in [-0.4, -0.2) is 153 Å². The lowest BCUT2D eigenvalue weighted by Crippen LogP contribution is -2.59. The fourth-order valence-corrected chi connectivity index (χ4v) is 9.35. The van der Waals surface area contributed by atoms with Crippen molar-refractivity contribution in [3.63, 3.8) is 0 Å². The van der Waals surface area contributed by atoms with Gasteiger partial charge in [-0.15, -0.1) is 5.10 Å². The van der Waals surface area contributed by atoms with Crippen LogP contribution < -0.4 is 10.9 Å².